The van der Waals surface area contributed by atoms with Gasteiger partial charge >= 0.3 is 0 Å². The van der Waals surface area contributed by atoms with E-state index in [9.17, 15) is 4.39 Å². The molecule has 0 spiro atoms. The lowest BCUT2D eigenvalue weighted by Gasteiger charge is -2.12. The molecule has 0 saturated carbocycles. The number of halogens is 2. The molecule has 1 aromatic rings. The minimum Gasteiger partial charge on any atom is -0.324 e. The lowest BCUT2D eigenvalue weighted by molar-refractivity contribution is 0.573. The molecule has 2 nitrogen and oxygen atoms in total. The molecule has 0 bridgehead atoms. The zero-order valence-electron chi connectivity index (χ0n) is 7.71. The highest BCUT2D eigenvalue weighted by Gasteiger charge is 2.12. The van der Waals surface area contributed by atoms with E-state index in [0.717, 1.165) is 6.42 Å². The van der Waals surface area contributed by atoms with Crippen molar-refractivity contribution in [3.05, 3.63) is 41.5 Å². The van der Waals surface area contributed by atoms with Gasteiger partial charge < -0.3 is 5.73 Å². The molecule has 76 valence electrons. The zero-order chi connectivity index (χ0) is 10.6. The molecule has 14 heavy (non-hydrogen) atoms. The number of pyridine rings is 1. The zero-order valence-corrected chi connectivity index (χ0v) is 8.47. The predicted octanol–water partition coefficient (Wildman–Crippen LogP) is 2.84. The SMILES string of the molecule is C=CCCC(N)c1ccnc(F)c1Cl. The Bertz CT molecular complexity index is 328. The summed E-state index contributed by atoms with van der Waals surface area (Å²) in [5.74, 6) is -0.668. The summed E-state index contributed by atoms with van der Waals surface area (Å²) in [6.45, 7) is 3.59. The average molecular weight is 215 g/mol. The highest BCUT2D eigenvalue weighted by molar-refractivity contribution is 6.31. The molecule has 0 amide bonds. The van der Waals surface area contributed by atoms with Gasteiger partial charge in [-0.05, 0) is 24.5 Å². The number of hydrogen-bond acceptors (Lipinski definition) is 2. The van der Waals surface area contributed by atoms with Crippen LogP contribution in [0.3, 0.4) is 0 Å². The van der Waals surface area contributed by atoms with Gasteiger partial charge in [0.25, 0.3) is 0 Å². The van der Waals surface area contributed by atoms with Crippen molar-refractivity contribution in [3.63, 3.8) is 0 Å². The molecule has 2 N–H and O–H groups in total. The number of rotatable bonds is 4. The minimum atomic E-state index is -0.668. The summed E-state index contributed by atoms with van der Waals surface area (Å²) in [4.78, 5) is 3.43. The van der Waals surface area contributed by atoms with Crippen LogP contribution in [0.1, 0.15) is 24.4 Å². The second-order valence-electron chi connectivity index (χ2n) is 2.98. The van der Waals surface area contributed by atoms with Crippen LogP contribution in [0.5, 0.6) is 0 Å². The fourth-order valence-electron chi connectivity index (χ4n) is 1.17. The molecule has 0 aliphatic carbocycles. The van der Waals surface area contributed by atoms with Crippen LogP contribution in [0, 0.1) is 5.95 Å². The number of nitrogens with zero attached hydrogens (tertiary/aromatic N) is 1. The van der Waals surface area contributed by atoms with Crippen LogP contribution >= 0.6 is 11.6 Å². The van der Waals surface area contributed by atoms with Gasteiger partial charge in [0.2, 0.25) is 5.95 Å². The smallest absolute Gasteiger partial charge is 0.231 e. The third-order valence-electron chi connectivity index (χ3n) is 1.96. The molecule has 1 rings (SSSR count). The van der Waals surface area contributed by atoms with Crippen LogP contribution in [0.2, 0.25) is 5.02 Å². The number of aromatic nitrogens is 1. The average Bonchev–Trinajstić information content (AvgIpc) is 2.18. The van der Waals surface area contributed by atoms with Crippen molar-refractivity contribution >= 4 is 11.6 Å². The van der Waals surface area contributed by atoms with Gasteiger partial charge in [-0.2, -0.15) is 4.39 Å². The Hall–Kier alpha value is -0.930. The van der Waals surface area contributed by atoms with Crippen molar-refractivity contribution in [3.8, 4) is 0 Å². The maximum atomic E-state index is 12.9. The van der Waals surface area contributed by atoms with Crippen molar-refractivity contribution in [2.45, 2.75) is 18.9 Å². The highest BCUT2D eigenvalue weighted by atomic mass is 35.5. The normalized spacial score (nSPS) is 12.5. The van der Waals surface area contributed by atoms with Crippen molar-refractivity contribution in [1.82, 2.24) is 4.98 Å². The Kier molecular flexibility index (Phi) is 4.04. The van der Waals surface area contributed by atoms with E-state index in [1.54, 1.807) is 12.1 Å². The summed E-state index contributed by atoms with van der Waals surface area (Å²) in [6, 6.07) is 1.37. The largest absolute Gasteiger partial charge is 0.324 e. The first-order valence-corrected chi connectivity index (χ1v) is 4.71. The molecule has 0 saturated heterocycles. The maximum absolute atomic E-state index is 12.9. The Morgan fingerprint density at radius 1 is 1.71 bits per heavy atom. The standard InChI is InChI=1S/C10H12ClFN2/c1-2-3-4-8(13)7-5-6-14-10(12)9(7)11/h2,5-6,8H,1,3-4,13H2. The van der Waals surface area contributed by atoms with Gasteiger partial charge in [0.15, 0.2) is 0 Å². The third-order valence-corrected chi connectivity index (χ3v) is 2.33. The first-order valence-electron chi connectivity index (χ1n) is 4.33. The summed E-state index contributed by atoms with van der Waals surface area (Å²) >= 11 is 5.72. The molecule has 1 heterocycles. The van der Waals surface area contributed by atoms with Crippen LogP contribution < -0.4 is 5.73 Å². The number of hydrogen-bond donors (Lipinski definition) is 1. The third kappa shape index (κ3) is 2.53. The van der Waals surface area contributed by atoms with Gasteiger partial charge in [-0.1, -0.05) is 17.7 Å². The van der Waals surface area contributed by atoms with E-state index in [4.69, 9.17) is 17.3 Å². The van der Waals surface area contributed by atoms with Crippen molar-refractivity contribution in [2.75, 3.05) is 0 Å². The summed E-state index contributed by atoms with van der Waals surface area (Å²) in [5.41, 5.74) is 6.42. The van der Waals surface area contributed by atoms with E-state index in [0.29, 0.717) is 12.0 Å². The van der Waals surface area contributed by atoms with E-state index in [2.05, 4.69) is 11.6 Å². The van der Waals surface area contributed by atoms with Crippen LogP contribution in [0.15, 0.2) is 24.9 Å². The van der Waals surface area contributed by atoms with Gasteiger partial charge in [0, 0.05) is 12.2 Å². The van der Waals surface area contributed by atoms with Gasteiger partial charge in [-0.3, -0.25) is 0 Å². The summed E-state index contributed by atoms with van der Waals surface area (Å²) in [5, 5.41) is 0.0177. The number of allylic oxidation sites excluding steroid dienone is 1. The molecule has 1 atom stereocenters. The summed E-state index contributed by atoms with van der Waals surface area (Å²) in [7, 11) is 0. The molecular formula is C10H12ClFN2. The van der Waals surface area contributed by atoms with Crippen LogP contribution in [0.4, 0.5) is 4.39 Å². The Balaban J connectivity index is 2.83. The van der Waals surface area contributed by atoms with Crippen LogP contribution in [-0.2, 0) is 0 Å². The second kappa shape index (κ2) is 5.08. The van der Waals surface area contributed by atoms with Crippen molar-refractivity contribution < 1.29 is 4.39 Å². The fraction of sp³-hybridized carbons (Fsp3) is 0.300. The maximum Gasteiger partial charge on any atom is 0.231 e. The topological polar surface area (TPSA) is 38.9 Å². The molecule has 1 aromatic heterocycles. The van der Waals surface area contributed by atoms with Crippen LogP contribution in [0.25, 0.3) is 0 Å². The van der Waals surface area contributed by atoms with E-state index in [1.165, 1.54) is 6.20 Å². The first-order chi connectivity index (χ1) is 6.66. The Morgan fingerprint density at radius 3 is 3.07 bits per heavy atom. The van der Waals surface area contributed by atoms with E-state index < -0.39 is 5.95 Å². The van der Waals surface area contributed by atoms with Gasteiger partial charge in [-0.15, -0.1) is 6.58 Å². The monoisotopic (exact) mass is 214 g/mol. The first kappa shape index (κ1) is 11.1. The van der Waals surface area contributed by atoms with E-state index in [-0.39, 0.29) is 11.1 Å². The quantitative estimate of drug-likeness (QED) is 0.618. The fourth-order valence-corrected chi connectivity index (χ4v) is 1.42. The minimum absolute atomic E-state index is 0.0177. The lowest BCUT2D eigenvalue weighted by Crippen LogP contribution is -2.11. The van der Waals surface area contributed by atoms with Crippen molar-refractivity contribution in [2.24, 2.45) is 5.73 Å². The second-order valence-corrected chi connectivity index (χ2v) is 3.36. The summed E-state index contributed by atoms with van der Waals surface area (Å²) in [6.07, 6.45) is 4.61. The molecule has 0 fully saturated rings. The highest BCUT2D eigenvalue weighted by Crippen LogP contribution is 2.25. The molecule has 0 aromatic carbocycles. The lowest BCUT2D eigenvalue weighted by atomic mass is 10.0. The molecule has 4 heteroatoms. The van der Waals surface area contributed by atoms with Crippen LogP contribution in [-0.4, -0.2) is 4.98 Å². The Morgan fingerprint density at radius 2 is 2.43 bits per heavy atom. The van der Waals surface area contributed by atoms with Crippen molar-refractivity contribution in [1.29, 1.82) is 0 Å². The predicted molar refractivity (Wildman–Crippen MR) is 55.6 cm³/mol. The molecule has 0 aliphatic rings. The van der Waals surface area contributed by atoms with E-state index >= 15 is 0 Å². The van der Waals surface area contributed by atoms with E-state index in [1.807, 2.05) is 0 Å². The number of nitrogens with two attached hydrogens (primary N) is 1. The molecule has 1 unspecified atom stereocenters. The molecule has 0 radical (unpaired) electrons. The summed E-state index contributed by atoms with van der Waals surface area (Å²) < 4.78 is 12.9. The molecular weight excluding hydrogens is 203 g/mol. The van der Waals surface area contributed by atoms with Gasteiger partial charge in [-0.25, -0.2) is 4.98 Å². The van der Waals surface area contributed by atoms with Gasteiger partial charge in [0.05, 0.1) is 0 Å². The molecule has 0 aliphatic heterocycles. The Labute approximate surface area is 87.6 Å². The van der Waals surface area contributed by atoms with Gasteiger partial charge in [0.1, 0.15) is 5.02 Å².